The number of morpholine rings is 1. The minimum atomic E-state index is 0.587. The Hall–Kier alpha value is -1.40. The molecule has 6 heteroatoms. The first kappa shape index (κ1) is 12.6. The van der Waals surface area contributed by atoms with Gasteiger partial charge in [0.1, 0.15) is 5.82 Å². The normalized spacial score (nSPS) is 20.2. The lowest BCUT2D eigenvalue weighted by Gasteiger charge is -2.26. The number of nitrogens with one attached hydrogen (secondary N) is 2. The second kappa shape index (κ2) is 6.16. The Morgan fingerprint density at radius 1 is 1.32 bits per heavy atom. The topological polar surface area (TPSA) is 62.3 Å². The molecule has 0 unspecified atom stereocenters. The third-order valence-electron chi connectivity index (χ3n) is 3.40. The molecule has 1 aliphatic carbocycles. The van der Waals surface area contributed by atoms with Crippen molar-refractivity contribution in [3.63, 3.8) is 0 Å². The molecule has 1 aromatic heterocycles. The Balaban J connectivity index is 1.43. The summed E-state index contributed by atoms with van der Waals surface area (Å²) in [5, 5.41) is 6.66. The third kappa shape index (κ3) is 4.04. The van der Waals surface area contributed by atoms with Crippen LogP contribution in [0.25, 0.3) is 0 Å². The number of nitrogens with zero attached hydrogens (tertiary/aromatic N) is 3. The minimum Gasteiger partial charge on any atom is -0.379 e. The van der Waals surface area contributed by atoms with Gasteiger partial charge in [-0.15, -0.1) is 0 Å². The molecule has 0 atom stereocenters. The van der Waals surface area contributed by atoms with Crippen molar-refractivity contribution in [2.75, 3.05) is 50.0 Å². The molecule has 0 spiro atoms. The maximum absolute atomic E-state index is 5.33. The molecule has 1 aliphatic heterocycles. The van der Waals surface area contributed by atoms with Crippen LogP contribution in [-0.2, 0) is 4.74 Å². The van der Waals surface area contributed by atoms with E-state index in [1.54, 1.807) is 6.20 Å². The molecule has 2 aliphatic rings. The average molecular weight is 263 g/mol. The van der Waals surface area contributed by atoms with Gasteiger partial charge >= 0.3 is 0 Å². The molecule has 0 aromatic carbocycles. The Morgan fingerprint density at radius 3 is 2.95 bits per heavy atom. The van der Waals surface area contributed by atoms with Gasteiger partial charge in [-0.3, -0.25) is 4.90 Å². The SMILES string of the molecule is c1cc(NCCN2CCOCC2)nc(NC2CC2)n1. The Bertz CT molecular complexity index is 404. The van der Waals surface area contributed by atoms with Crippen LogP contribution in [0.4, 0.5) is 11.8 Å². The van der Waals surface area contributed by atoms with Crippen LogP contribution in [0.1, 0.15) is 12.8 Å². The fourth-order valence-electron chi connectivity index (χ4n) is 2.10. The predicted octanol–water partition coefficient (Wildman–Crippen LogP) is 0.795. The Labute approximate surface area is 113 Å². The predicted molar refractivity (Wildman–Crippen MR) is 74.4 cm³/mol. The lowest BCUT2D eigenvalue weighted by molar-refractivity contribution is 0.0398. The molecule has 19 heavy (non-hydrogen) atoms. The molecule has 0 radical (unpaired) electrons. The quantitative estimate of drug-likeness (QED) is 0.791. The molecule has 0 bridgehead atoms. The fraction of sp³-hybridized carbons (Fsp3) is 0.692. The van der Waals surface area contributed by atoms with Gasteiger partial charge in [-0.2, -0.15) is 4.98 Å². The van der Waals surface area contributed by atoms with E-state index in [9.17, 15) is 0 Å². The molecule has 1 aromatic rings. The first-order chi connectivity index (χ1) is 9.40. The summed E-state index contributed by atoms with van der Waals surface area (Å²) >= 11 is 0. The van der Waals surface area contributed by atoms with Crippen molar-refractivity contribution < 1.29 is 4.74 Å². The molecule has 2 heterocycles. The summed E-state index contributed by atoms with van der Waals surface area (Å²) in [7, 11) is 0. The maximum Gasteiger partial charge on any atom is 0.224 e. The smallest absolute Gasteiger partial charge is 0.224 e. The zero-order valence-corrected chi connectivity index (χ0v) is 11.1. The first-order valence-electron chi connectivity index (χ1n) is 7.04. The van der Waals surface area contributed by atoms with E-state index in [4.69, 9.17) is 4.74 Å². The molecule has 2 N–H and O–H groups in total. The van der Waals surface area contributed by atoms with Crippen LogP contribution in [0.15, 0.2) is 12.3 Å². The average Bonchev–Trinajstić information content (AvgIpc) is 3.24. The fourth-order valence-corrected chi connectivity index (χ4v) is 2.10. The highest BCUT2D eigenvalue weighted by Crippen LogP contribution is 2.22. The Kier molecular flexibility index (Phi) is 4.10. The Morgan fingerprint density at radius 2 is 2.16 bits per heavy atom. The van der Waals surface area contributed by atoms with Crippen molar-refractivity contribution in [2.24, 2.45) is 0 Å². The van der Waals surface area contributed by atoms with Gasteiger partial charge < -0.3 is 15.4 Å². The van der Waals surface area contributed by atoms with Crippen LogP contribution >= 0.6 is 0 Å². The van der Waals surface area contributed by atoms with Crippen molar-refractivity contribution in [1.82, 2.24) is 14.9 Å². The van der Waals surface area contributed by atoms with Gasteiger partial charge in [-0.1, -0.05) is 0 Å². The van der Waals surface area contributed by atoms with Crippen molar-refractivity contribution in [3.8, 4) is 0 Å². The van der Waals surface area contributed by atoms with Crippen molar-refractivity contribution in [2.45, 2.75) is 18.9 Å². The second-order valence-corrected chi connectivity index (χ2v) is 5.06. The van der Waals surface area contributed by atoms with E-state index < -0.39 is 0 Å². The molecule has 1 saturated heterocycles. The summed E-state index contributed by atoms with van der Waals surface area (Å²) in [6, 6.07) is 2.50. The monoisotopic (exact) mass is 263 g/mol. The second-order valence-electron chi connectivity index (χ2n) is 5.06. The van der Waals surface area contributed by atoms with E-state index in [-0.39, 0.29) is 0 Å². The van der Waals surface area contributed by atoms with E-state index in [1.807, 2.05) is 6.07 Å². The van der Waals surface area contributed by atoms with Crippen LogP contribution in [0.3, 0.4) is 0 Å². The van der Waals surface area contributed by atoms with Crippen molar-refractivity contribution >= 4 is 11.8 Å². The van der Waals surface area contributed by atoms with Gasteiger partial charge in [-0.05, 0) is 18.9 Å². The largest absolute Gasteiger partial charge is 0.379 e. The zero-order valence-electron chi connectivity index (χ0n) is 11.1. The zero-order chi connectivity index (χ0) is 12.9. The van der Waals surface area contributed by atoms with E-state index >= 15 is 0 Å². The van der Waals surface area contributed by atoms with Gasteiger partial charge in [-0.25, -0.2) is 4.98 Å². The first-order valence-corrected chi connectivity index (χ1v) is 7.04. The van der Waals surface area contributed by atoms with Crippen LogP contribution in [0.5, 0.6) is 0 Å². The third-order valence-corrected chi connectivity index (χ3v) is 3.40. The highest BCUT2D eigenvalue weighted by atomic mass is 16.5. The molecule has 3 rings (SSSR count). The summed E-state index contributed by atoms with van der Waals surface area (Å²) in [5.41, 5.74) is 0. The molecule has 104 valence electrons. The summed E-state index contributed by atoms with van der Waals surface area (Å²) < 4.78 is 5.33. The van der Waals surface area contributed by atoms with Gasteiger partial charge in [0.25, 0.3) is 0 Å². The van der Waals surface area contributed by atoms with Crippen LogP contribution < -0.4 is 10.6 Å². The standard InChI is InChI=1S/C13H21N5O/c1-2-11(1)16-13-15-4-3-12(17-13)14-5-6-18-7-9-19-10-8-18/h3-4,11H,1-2,5-10H2,(H2,14,15,16,17). The van der Waals surface area contributed by atoms with E-state index in [0.29, 0.717) is 6.04 Å². The lowest BCUT2D eigenvalue weighted by Crippen LogP contribution is -2.39. The van der Waals surface area contributed by atoms with Crippen molar-refractivity contribution in [3.05, 3.63) is 12.3 Å². The lowest BCUT2D eigenvalue weighted by atomic mass is 10.4. The summed E-state index contributed by atoms with van der Waals surface area (Å²) in [6.07, 6.45) is 4.27. The van der Waals surface area contributed by atoms with Crippen molar-refractivity contribution in [1.29, 1.82) is 0 Å². The van der Waals surface area contributed by atoms with Gasteiger partial charge in [0.2, 0.25) is 5.95 Å². The number of ether oxygens (including phenoxy) is 1. The van der Waals surface area contributed by atoms with Gasteiger partial charge in [0.15, 0.2) is 0 Å². The summed E-state index contributed by atoms with van der Waals surface area (Å²) in [4.78, 5) is 11.1. The number of rotatable bonds is 6. The molecular weight excluding hydrogens is 242 g/mol. The molecule has 1 saturated carbocycles. The summed E-state index contributed by atoms with van der Waals surface area (Å²) in [6.45, 7) is 5.68. The number of hydrogen-bond acceptors (Lipinski definition) is 6. The number of anilines is 2. The number of aromatic nitrogens is 2. The maximum atomic E-state index is 5.33. The highest BCUT2D eigenvalue weighted by molar-refractivity contribution is 5.40. The van der Waals surface area contributed by atoms with Gasteiger partial charge in [0, 0.05) is 38.4 Å². The molecule has 2 fully saturated rings. The van der Waals surface area contributed by atoms with E-state index in [0.717, 1.165) is 51.2 Å². The molecular formula is C13H21N5O. The summed E-state index contributed by atoms with van der Waals surface area (Å²) in [5.74, 6) is 1.63. The molecule has 0 amide bonds. The minimum absolute atomic E-state index is 0.587. The highest BCUT2D eigenvalue weighted by Gasteiger charge is 2.21. The van der Waals surface area contributed by atoms with E-state index in [2.05, 4.69) is 25.5 Å². The molecule has 6 nitrogen and oxygen atoms in total. The van der Waals surface area contributed by atoms with Crippen LogP contribution in [0, 0.1) is 0 Å². The van der Waals surface area contributed by atoms with E-state index in [1.165, 1.54) is 12.8 Å². The van der Waals surface area contributed by atoms with Gasteiger partial charge in [0.05, 0.1) is 13.2 Å². The van der Waals surface area contributed by atoms with Crippen LogP contribution in [0.2, 0.25) is 0 Å². The number of hydrogen-bond donors (Lipinski definition) is 2. The van der Waals surface area contributed by atoms with Crippen LogP contribution in [-0.4, -0.2) is 60.3 Å².